The zero-order valence-corrected chi connectivity index (χ0v) is 22.6. The van der Waals surface area contributed by atoms with Gasteiger partial charge < -0.3 is 5.32 Å². The Bertz CT molecular complexity index is 1740. The molecule has 0 radical (unpaired) electrons. The van der Waals surface area contributed by atoms with Gasteiger partial charge in [0.1, 0.15) is 5.69 Å². The van der Waals surface area contributed by atoms with Crippen LogP contribution in [0.4, 0.5) is 8.78 Å². The van der Waals surface area contributed by atoms with E-state index < -0.39 is 18.0 Å². The maximum Gasteiger partial charge on any atom is 0.333 e. The van der Waals surface area contributed by atoms with E-state index in [0.29, 0.717) is 19.4 Å². The van der Waals surface area contributed by atoms with Crippen LogP contribution in [0.1, 0.15) is 48.2 Å². The molecule has 6 rings (SSSR count). The van der Waals surface area contributed by atoms with E-state index in [9.17, 15) is 18.4 Å². The van der Waals surface area contributed by atoms with Crippen molar-refractivity contribution in [3.63, 3.8) is 0 Å². The zero-order chi connectivity index (χ0) is 28.5. The first-order valence-electron chi connectivity index (χ1n) is 13.3. The molecule has 2 aromatic carbocycles. The Kier molecular flexibility index (Phi) is 7.36. The van der Waals surface area contributed by atoms with Crippen LogP contribution in [0.5, 0.6) is 0 Å². The Hall–Kier alpha value is -4.38. The number of imidazole rings is 1. The summed E-state index contributed by atoms with van der Waals surface area (Å²) in [6.45, 7) is 0.538. The molecule has 1 aliphatic carbocycles. The van der Waals surface area contributed by atoms with E-state index in [1.54, 1.807) is 17.0 Å². The van der Waals surface area contributed by atoms with Crippen LogP contribution in [-0.4, -0.2) is 41.1 Å². The molecule has 1 amide bonds. The number of para-hydroxylation sites is 2. The maximum absolute atomic E-state index is 13.7. The Labute approximate surface area is 238 Å². The summed E-state index contributed by atoms with van der Waals surface area (Å²) in [5.74, 6) is -0.384. The highest BCUT2D eigenvalue weighted by Crippen LogP contribution is 2.29. The molecular weight excluding hydrogens is 552 g/mol. The van der Waals surface area contributed by atoms with Crippen LogP contribution in [0.2, 0.25) is 5.02 Å². The number of rotatable bonds is 7. The molecular formula is C29H26ClF2N7O2. The Morgan fingerprint density at radius 2 is 1.63 bits per heavy atom. The van der Waals surface area contributed by atoms with Crippen molar-refractivity contribution in [1.82, 2.24) is 34.4 Å². The largest absolute Gasteiger partial charge is 0.349 e. The van der Waals surface area contributed by atoms with Gasteiger partial charge in [-0.15, -0.1) is 0 Å². The van der Waals surface area contributed by atoms with E-state index in [-0.39, 0.29) is 28.2 Å². The van der Waals surface area contributed by atoms with E-state index in [0.717, 1.165) is 41.4 Å². The fraction of sp³-hybridized carbons (Fsp3) is 0.276. The van der Waals surface area contributed by atoms with Crippen molar-refractivity contribution >= 4 is 28.5 Å². The first kappa shape index (κ1) is 26.8. The van der Waals surface area contributed by atoms with Gasteiger partial charge in [-0.1, -0.05) is 23.7 Å². The molecule has 9 nitrogen and oxygen atoms in total. The predicted molar refractivity (Wildman–Crippen MR) is 150 cm³/mol. The second-order valence-electron chi connectivity index (χ2n) is 10.1. The third-order valence-corrected chi connectivity index (χ3v) is 7.76. The van der Waals surface area contributed by atoms with Gasteiger partial charge in [0, 0.05) is 18.8 Å². The number of carbonyl (C=O) groups is 1. The van der Waals surface area contributed by atoms with Crippen LogP contribution in [0.25, 0.3) is 22.4 Å². The van der Waals surface area contributed by atoms with E-state index in [1.165, 1.54) is 10.9 Å². The average molecular weight is 578 g/mol. The smallest absolute Gasteiger partial charge is 0.333 e. The maximum atomic E-state index is 13.7. The number of fused-ring (bicyclic) bond motifs is 1. The second-order valence-corrected chi connectivity index (χ2v) is 10.6. The molecule has 3 heterocycles. The van der Waals surface area contributed by atoms with E-state index in [2.05, 4.69) is 20.5 Å². The molecule has 0 spiro atoms. The number of alkyl halides is 2. The van der Waals surface area contributed by atoms with E-state index in [4.69, 9.17) is 11.6 Å². The number of carbonyl (C=O) groups excluding carboxylic acids is 1. The van der Waals surface area contributed by atoms with Gasteiger partial charge in [0.05, 0.1) is 45.4 Å². The molecule has 0 unspecified atom stereocenters. The molecule has 3 aromatic heterocycles. The number of pyridine rings is 1. The SMILES string of the molecule is O=C(N[C@H]1CC[C@H](Cn2c(=O)n(-c3ccc(-n4nccn4)cc3)c3ccccc32)CC1)c1cc(Cl)cnc1C(F)F. The number of halogens is 3. The van der Waals surface area contributed by atoms with Crippen LogP contribution in [0.3, 0.4) is 0 Å². The van der Waals surface area contributed by atoms with Crippen molar-refractivity contribution < 1.29 is 13.6 Å². The standard InChI is InChI=1S/C29H26ClF2N7O2/c30-19-15-23(26(27(31)32)33-16-19)28(40)36-20-7-5-18(6-8-20)17-37-24-3-1-2-4-25(24)38(29(37)41)21-9-11-22(12-10-21)39-34-13-14-35-39/h1-4,9-16,18,20,27H,5-8,17H2,(H,36,40)/t18-,20-. The molecule has 0 saturated heterocycles. The highest BCUT2D eigenvalue weighted by Gasteiger charge is 2.27. The molecule has 0 bridgehead atoms. The molecule has 5 aromatic rings. The Morgan fingerprint density at radius 1 is 0.976 bits per heavy atom. The number of amides is 1. The highest BCUT2D eigenvalue weighted by atomic mass is 35.5. The zero-order valence-electron chi connectivity index (χ0n) is 21.8. The summed E-state index contributed by atoms with van der Waals surface area (Å²) in [6, 6.07) is 16.2. The molecule has 0 atom stereocenters. The van der Waals surface area contributed by atoms with Crippen LogP contribution in [0.15, 0.2) is 78.0 Å². The van der Waals surface area contributed by atoms with Gasteiger partial charge in [0.25, 0.3) is 12.3 Å². The van der Waals surface area contributed by atoms with E-state index in [1.807, 2.05) is 53.1 Å². The molecule has 1 N–H and O–H groups in total. The molecule has 0 aliphatic heterocycles. The lowest BCUT2D eigenvalue weighted by Gasteiger charge is -2.29. The van der Waals surface area contributed by atoms with Crippen molar-refractivity contribution in [2.24, 2.45) is 5.92 Å². The summed E-state index contributed by atoms with van der Waals surface area (Å²) < 4.78 is 30.3. The topological polar surface area (TPSA) is 99.6 Å². The number of hydrogen-bond acceptors (Lipinski definition) is 5. The summed E-state index contributed by atoms with van der Waals surface area (Å²) in [7, 11) is 0. The minimum Gasteiger partial charge on any atom is -0.349 e. The van der Waals surface area contributed by atoms with Crippen molar-refractivity contribution in [3.05, 3.63) is 100.0 Å². The lowest BCUT2D eigenvalue weighted by molar-refractivity contribution is 0.0904. The number of aromatic nitrogens is 6. The van der Waals surface area contributed by atoms with Crippen molar-refractivity contribution in [1.29, 1.82) is 0 Å². The monoisotopic (exact) mass is 577 g/mol. The normalized spacial score (nSPS) is 17.3. The van der Waals surface area contributed by atoms with Gasteiger partial charge in [-0.2, -0.15) is 15.0 Å². The summed E-state index contributed by atoms with van der Waals surface area (Å²) in [5.41, 5.74) is 2.28. The lowest BCUT2D eigenvalue weighted by Crippen LogP contribution is -2.39. The highest BCUT2D eigenvalue weighted by molar-refractivity contribution is 6.30. The molecule has 1 saturated carbocycles. The third-order valence-electron chi connectivity index (χ3n) is 7.55. The molecule has 41 heavy (non-hydrogen) atoms. The number of nitrogens with one attached hydrogen (secondary N) is 1. The summed E-state index contributed by atoms with van der Waals surface area (Å²) in [5, 5.41) is 11.3. The van der Waals surface area contributed by atoms with Gasteiger partial charge >= 0.3 is 5.69 Å². The average Bonchev–Trinajstić information content (AvgIpc) is 3.61. The minimum atomic E-state index is -2.88. The molecule has 210 valence electrons. The van der Waals surface area contributed by atoms with Gasteiger partial charge in [0.2, 0.25) is 0 Å². The Balaban J connectivity index is 1.17. The van der Waals surface area contributed by atoms with Crippen LogP contribution < -0.4 is 11.0 Å². The van der Waals surface area contributed by atoms with Gasteiger partial charge in [0.15, 0.2) is 0 Å². The van der Waals surface area contributed by atoms with E-state index >= 15 is 0 Å². The summed E-state index contributed by atoms with van der Waals surface area (Å²) in [6.07, 6.45) is 4.33. The van der Waals surface area contributed by atoms with Crippen molar-refractivity contribution in [2.45, 2.75) is 44.7 Å². The van der Waals surface area contributed by atoms with Gasteiger partial charge in [-0.3, -0.25) is 18.9 Å². The molecule has 12 heteroatoms. The fourth-order valence-electron chi connectivity index (χ4n) is 5.53. The minimum absolute atomic E-state index is 0.124. The first-order valence-corrected chi connectivity index (χ1v) is 13.7. The van der Waals surface area contributed by atoms with Gasteiger partial charge in [-0.25, -0.2) is 13.6 Å². The van der Waals surface area contributed by atoms with Gasteiger partial charge in [-0.05, 0) is 74.1 Å². The van der Waals surface area contributed by atoms with Crippen LogP contribution >= 0.6 is 11.6 Å². The van der Waals surface area contributed by atoms with Crippen LogP contribution in [-0.2, 0) is 6.54 Å². The molecule has 1 aliphatic rings. The number of hydrogen-bond donors (Lipinski definition) is 1. The predicted octanol–water partition coefficient (Wildman–Crippen LogP) is 5.35. The third kappa shape index (κ3) is 5.37. The summed E-state index contributed by atoms with van der Waals surface area (Å²) >= 11 is 5.90. The molecule has 1 fully saturated rings. The van der Waals surface area contributed by atoms with Crippen molar-refractivity contribution in [2.75, 3.05) is 0 Å². The van der Waals surface area contributed by atoms with Crippen molar-refractivity contribution in [3.8, 4) is 11.4 Å². The second kappa shape index (κ2) is 11.2. The van der Waals surface area contributed by atoms with Crippen LogP contribution in [0, 0.1) is 5.92 Å². The Morgan fingerprint density at radius 3 is 2.32 bits per heavy atom. The fourth-order valence-corrected chi connectivity index (χ4v) is 5.69. The summed E-state index contributed by atoms with van der Waals surface area (Å²) in [4.78, 5) is 31.7. The number of benzene rings is 2. The quantitative estimate of drug-likeness (QED) is 0.281. The first-order chi connectivity index (χ1) is 19.9. The number of nitrogens with zero attached hydrogens (tertiary/aromatic N) is 6. The lowest BCUT2D eigenvalue weighted by atomic mass is 9.85.